The monoisotopic (exact) mass is 248 g/mol. The Kier molecular flexibility index (Phi) is 3.57. The van der Waals surface area contributed by atoms with Gasteiger partial charge in [-0.15, -0.1) is 0 Å². The fraction of sp³-hybridized carbons (Fsp3) is 0.250. The first kappa shape index (κ1) is 12.1. The van der Waals surface area contributed by atoms with Gasteiger partial charge in [-0.3, -0.25) is 4.79 Å². The molecule has 0 radical (unpaired) electrons. The standard InChI is InChI=1S/C12H12N2O4/c1-16-9-4-3-8(5-10(9)17-2)6-11-13-12(7-15)18-14-11/h3-5,7H,6H2,1-2H3. The summed E-state index contributed by atoms with van der Waals surface area (Å²) < 4.78 is 15.0. The van der Waals surface area contributed by atoms with Crippen LogP contribution in [-0.4, -0.2) is 30.6 Å². The molecule has 0 atom stereocenters. The fourth-order valence-electron chi connectivity index (χ4n) is 1.56. The lowest BCUT2D eigenvalue weighted by atomic mass is 10.1. The van der Waals surface area contributed by atoms with E-state index in [0.717, 1.165) is 5.56 Å². The maximum absolute atomic E-state index is 10.4. The number of aldehydes is 1. The summed E-state index contributed by atoms with van der Waals surface area (Å²) in [6.07, 6.45) is 0.975. The zero-order valence-electron chi connectivity index (χ0n) is 10.0. The lowest BCUT2D eigenvalue weighted by molar-refractivity contribution is 0.108. The number of carbonyl (C=O) groups is 1. The first-order valence-corrected chi connectivity index (χ1v) is 5.25. The highest BCUT2D eigenvalue weighted by atomic mass is 16.5. The van der Waals surface area contributed by atoms with Crippen molar-refractivity contribution in [2.24, 2.45) is 0 Å². The number of carbonyl (C=O) groups excluding carboxylic acids is 1. The van der Waals surface area contributed by atoms with Crippen molar-refractivity contribution in [2.75, 3.05) is 14.2 Å². The van der Waals surface area contributed by atoms with Crippen LogP contribution in [0.15, 0.2) is 22.7 Å². The zero-order valence-corrected chi connectivity index (χ0v) is 10.0. The van der Waals surface area contributed by atoms with Crippen LogP contribution in [0.2, 0.25) is 0 Å². The van der Waals surface area contributed by atoms with Gasteiger partial charge >= 0.3 is 0 Å². The molecule has 2 aromatic rings. The molecule has 0 aliphatic rings. The molecule has 0 saturated heterocycles. The Morgan fingerprint density at radius 2 is 2.06 bits per heavy atom. The number of rotatable bonds is 5. The third kappa shape index (κ3) is 2.48. The largest absolute Gasteiger partial charge is 0.493 e. The number of hydrogen-bond acceptors (Lipinski definition) is 6. The van der Waals surface area contributed by atoms with Crippen molar-refractivity contribution in [3.05, 3.63) is 35.5 Å². The van der Waals surface area contributed by atoms with E-state index in [4.69, 9.17) is 14.0 Å². The number of benzene rings is 1. The topological polar surface area (TPSA) is 74.5 Å². The molecule has 0 amide bonds. The van der Waals surface area contributed by atoms with Gasteiger partial charge in [0, 0.05) is 6.42 Å². The van der Waals surface area contributed by atoms with E-state index in [0.29, 0.717) is 30.0 Å². The molecule has 1 aromatic heterocycles. The van der Waals surface area contributed by atoms with Crippen molar-refractivity contribution >= 4 is 6.29 Å². The lowest BCUT2D eigenvalue weighted by Gasteiger charge is -2.08. The Labute approximate surface area is 104 Å². The van der Waals surface area contributed by atoms with E-state index in [1.807, 2.05) is 12.1 Å². The van der Waals surface area contributed by atoms with E-state index >= 15 is 0 Å². The van der Waals surface area contributed by atoms with E-state index in [1.54, 1.807) is 20.3 Å². The van der Waals surface area contributed by atoms with Gasteiger partial charge in [-0.25, -0.2) is 0 Å². The summed E-state index contributed by atoms with van der Waals surface area (Å²) in [6, 6.07) is 5.50. The molecule has 0 bridgehead atoms. The van der Waals surface area contributed by atoms with Gasteiger partial charge in [-0.2, -0.15) is 4.98 Å². The summed E-state index contributed by atoms with van der Waals surface area (Å²) in [6.45, 7) is 0. The highest BCUT2D eigenvalue weighted by molar-refractivity contribution is 5.66. The SMILES string of the molecule is COc1ccc(Cc2noc(C=O)n2)cc1OC. The summed E-state index contributed by atoms with van der Waals surface area (Å²) in [5, 5.41) is 3.69. The molecule has 0 saturated carbocycles. The van der Waals surface area contributed by atoms with Crippen LogP contribution in [0.25, 0.3) is 0 Å². The van der Waals surface area contributed by atoms with Crippen molar-refractivity contribution in [2.45, 2.75) is 6.42 Å². The van der Waals surface area contributed by atoms with Crippen molar-refractivity contribution in [1.29, 1.82) is 0 Å². The molecule has 0 aliphatic heterocycles. The minimum absolute atomic E-state index is 0.0227. The molecule has 6 nitrogen and oxygen atoms in total. The van der Waals surface area contributed by atoms with Gasteiger partial charge in [0.1, 0.15) is 0 Å². The highest BCUT2D eigenvalue weighted by Gasteiger charge is 2.09. The molecule has 1 heterocycles. The summed E-state index contributed by atoms with van der Waals surface area (Å²) in [7, 11) is 3.15. The van der Waals surface area contributed by atoms with Gasteiger partial charge in [0.05, 0.1) is 14.2 Å². The number of hydrogen-bond donors (Lipinski definition) is 0. The van der Waals surface area contributed by atoms with Crippen LogP contribution in [0.4, 0.5) is 0 Å². The first-order valence-electron chi connectivity index (χ1n) is 5.25. The molecule has 0 aliphatic carbocycles. The Hall–Kier alpha value is -2.37. The van der Waals surface area contributed by atoms with Crippen LogP contribution in [-0.2, 0) is 6.42 Å². The second-order valence-corrected chi connectivity index (χ2v) is 3.53. The Balaban J connectivity index is 2.21. The van der Waals surface area contributed by atoms with Crippen LogP contribution < -0.4 is 9.47 Å². The Morgan fingerprint density at radius 3 is 2.67 bits per heavy atom. The summed E-state index contributed by atoms with van der Waals surface area (Å²) in [5.74, 6) is 1.71. The van der Waals surface area contributed by atoms with Gasteiger partial charge in [0.25, 0.3) is 5.89 Å². The van der Waals surface area contributed by atoms with Crippen LogP contribution in [0, 0.1) is 0 Å². The maximum atomic E-state index is 10.4. The summed E-state index contributed by atoms with van der Waals surface area (Å²) >= 11 is 0. The predicted molar refractivity (Wildman–Crippen MR) is 62.0 cm³/mol. The summed E-state index contributed by atoms with van der Waals surface area (Å²) in [4.78, 5) is 14.3. The van der Waals surface area contributed by atoms with Crippen LogP contribution in [0.3, 0.4) is 0 Å². The molecule has 18 heavy (non-hydrogen) atoms. The molecule has 2 rings (SSSR count). The molecule has 6 heteroatoms. The predicted octanol–water partition coefficient (Wildman–Crippen LogP) is 1.49. The third-order valence-electron chi connectivity index (χ3n) is 2.39. The minimum atomic E-state index is -0.0227. The van der Waals surface area contributed by atoms with Crippen LogP contribution in [0.5, 0.6) is 11.5 Å². The quantitative estimate of drug-likeness (QED) is 0.746. The molecular formula is C12H12N2O4. The number of aromatic nitrogens is 2. The molecule has 0 unspecified atom stereocenters. The molecule has 0 fully saturated rings. The van der Waals surface area contributed by atoms with Crippen molar-refractivity contribution < 1.29 is 18.8 Å². The van der Waals surface area contributed by atoms with Crippen molar-refractivity contribution in [3.8, 4) is 11.5 Å². The average molecular weight is 248 g/mol. The van der Waals surface area contributed by atoms with Crippen LogP contribution in [0.1, 0.15) is 22.1 Å². The van der Waals surface area contributed by atoms with Gasteiger partial charge < -0.3 is 14.0 Å². The second-order valence-electron chi connectivity index (χ2n) is 3.53. The van der Waals surface area contributed by atoms with Gasteiger partial charge in [-0.1, -0.05) is 11.2 Å². The first-order chi connectivity index (χ1) is 8.76. The van der Waals surface area contributed by atoms with E-state index in [1.165, 1.54) is 0 Å². The zero-order chi connectivity index (χ0) is 13.0. The minimum Gasteiger partial charge on any atom is -0.493 e. The van der Waals surface area contributed by atoms with E-state index in [2.05, 4.69) is 10.1 Å². The van der Waals surface area contributed by atoms with E-state index in [-0.39, 0.29) is 5.89 Å². The van der Waals surface area contributed by atoms with Gasteiger partial charge in [0.15, 0.2) is 17.3 Å². The molecule has 0 spiro atoms. The van der Waals surface area contributed by atoms with Crippen molar-refractivity contribution in [3.63, 3.8) is 0 Å². The molecule has 0 N–H and O–H groups in total. The van der Waals surface area contributed by atoms with E-state index < -0.39 is 0 Å². The lowest BCUT2D eigenvalue weighted by Crippen LogP contribution is -1.95. The number of ether oxygens (including phenoxy) is 2. The molecule has 1 aromatic carbocycles. The van der Waals surface area contributed by atoms with Crippen LogP contribution >= 0.6 is 0 Å². The van der Waals surface area contributed by atoms with Crippen molar-refractivity contribution in [1.82, 2.24) is 10.1 Å². The van der Waals surface area contributed by atoms with Gasteiger partial charge in [-0.05, 0) is 17.7 Å². The highest BCUT2D eigenvalue weighted by Crippen LogP contribution is 2.28. The second kappa shape index (κ2) is 5.31. The Morgan fingerprint density at radius 1 is 1.28 bits per heavy atom. The molecular weight excluding hydrogens is 236 g/mol. The number of nitrogens with zero attached hydrogens (tertiary/aromatic N) is 2. The third-order valence-corrected chi connectivity index (χ3v) is 2.39. The fourth-order valence-corrected chi connectivity index (χ4v) is 1.56. The number of methoxy groups -OCH3 is 2. The average Bonchev–Trinajstić information content (AvgIpc) is 2.86. The van der Waals surface area contributed by atoms with E-state index in [9.17, 15) is 4.79 Å². The Bertz CT molecular complexity index is 551. The maximum Gasteiger partial charge on any atom is 0.290 e. The molecule has 94 valence electrons. The van der Waals surface area contributed by atoms with Gasteiger partial charge in [0.2, 0.25) is 6.29 Å². The smallest absolute Gasteiger partial charge is 0.290 e. The summed E-state index contributed by atoms with van der Waals surface area (Å²) in [5.41, 5.74) is 0.936. The normalized spacial score (nSPS) is 10.1.